The second-order valence-electron chi connectivity index (χ2n) is 3.19. The predicted molar refractivity (Wildman–Crippen MR) is 31.7 cm³/mol. The van der Waals surface area contributed by atoms with Crippen LogP contribution in [0.25, 0.3) is 0 Å². The van der Waals surface area contributed by atoms with Crippen molar-refractivity contribution in [3.05, 3.63) is 0 Å². The van der Waals surface area contributed by atoms with Gasteiger partial charge in [0.25, 0.3) is 0 Å². The zero-order valence-corrected chi connectivity index (χ0v) is 5.65. The first-order valence-electron chi connectivity index (χ1n) is 3.67. The van der Waals surface area contributed by atoms with Gasteiger partial charge in [0, 0.05) is 0 Å². The molecule has 0 aliphatic carbocycles. The van der Waals surface area contributed by atoms with Crippen LogP contribution >= 0.6 is 0 Å². The van der Waals surface area contributed by atoms with Crippen molar-refractivity contribution in [3.8, 4) is 0 Å². The molecule has 58 valence electrons. The van der Waals surface area contributed by atoms with Gasteiger partial charge in [-0.2, -0.15) is 0 Å². The molecule has 3 aliphatic heterocycles. The molecule has 3 rings (SSSR count). The molecule has 0 aromatic rings. The van der Waals surface area contributed by atoms with Crippen molar-refractivity contribution >= 4 is 11.8 Å². The summed E-state index contributed by atoms with van der Waals surface area (Å²) in [6.07, 6.45) is -0.619. The van der Waals surface area contributed by atoms with Crippen LogP contribution in [-0.2, 0) is 19.1 Å². The van der Waals surface area contributed by atoms with Crippen LogP contribution < -0.4 is 0 Å². The summed E-state index contributed by atoms with van der Waals surface area (Å²) >= 11 is 0. The lowest BCUT2D eigenvalue weighted by Gasteiger charge is -2.06. The van der Waals surface area contributed by atoms with Gasteiger partial charge in [0.05, 0.1) is 5.92 Å². The number of Topliss-reactive ketones (excluding diaryl/α,β-unsaturated/α-hetero) is 1. The van der Waals surface area contributed by atoms with Crippen molar-refractivity contribution in [1.82, 2.24) is 0 Å². The molecule has 2 bridgehead atoms. The number of rotatable bonds is 0. The van der Waals surface area contributed by atoms with Crippen molar-refractivity contribution in [2.24, 2.45) is 5.92 Å². The summed E-state index contributed by atoms with van der Waals surface area (Å²) in [5.41, 5.74) is 0. The molecule has 4 heteroatoms. The highest BCUT2D eigenvalue weighted by Gasteiger charge is 2.63. The molecule has 3 heterocycles. The molecule has 0 aromatic heterocycles. The first-order valence-corrected chi connectivity index (χ1v) is 3.67. The van der Waals surface area contributed by atoms with E-state index in [1.54, 1.807) is 0 Å². The van der Waals surface area contributed by atoms with Gasteiger partial charge in [0.15, 0.2) is 6.10 Å². The molecule has 3 saturated heterocycles. The van der Waals surface area contributed by atoms with E-state index in [0.717, 1.165) is 0 Å². The Bertz CT molecular complexity index is 259. The van der Waals surface area contributed by atoms with Gasteiger partial charge in [-0.15, -0.1) is 0 Å². The smallest absolute Gasteiger partial charge is 0.312 e. The van der Waals surface area contributed by atoms with E-state index in [1.165, 1.54) is 0 Å². The Labute approximate surface area is 62.5 Å². The van der Waals surface area contributed by atoms with E-state index in [2.05, 4.69) is 0 Å². The summed E-state index contributed by atoms with van der Waals surface area (Å²) in [4.78, 5) is 22.2. The molecular formula is C7H6O4. The molecule has 3 fully saturated rings. The van der Waals surface area contributed by atoms with E-state index >= 15 is 0 Å². The van der Waals surface area contributed by atoms with E-state index < -0.39 is 6.10 Å². The Morgan fingerprint density at radius 2 is 2.18 bits per heavy atom. The van der Waals surface area contributed by atoms with Gasteiger partial charge in [0.2, 0.25) is 5.78 Å². The first-order chi connectivity index (χ1) is 5.27. The molecule has 0 saturated carbocycles. The monoisotopic (exact) mass is 154 g/mol. The Balaban J connectivity index is 2.10. The van der Waals surface area contributed by atoms with Crippen LogP contribution in [0, 0.1) is 5.92 Å². The quantitative estimate of drug-likeness (QED) is 0.431. The molecule has 0 radical (unpaired) electrons. The first kappa shape index (κ1) is 5.71. The standard InChI is InChI=1S/C7H6O4/c8-4-3-1-2-5(10-3)6(4)11-7(2)9/h2-3,5-6H,1H2. The lowest BCUT2D eigenvalue weighted by atomic mass is 9.89. The van der Waals surface area contributed by atoms with Crippen molar-refractivity contribution in [3.63, 3.8) is 0 Å². The van der Waals surface area contributed by atoms with Gasteiger partial charge in [-0.05, 0) is 6.42 Å². The van der Waals surface area contributed by atoms with E-state index in [4.69, 9.17) is 9.47 Å². The molecule has 4 atom stereocenters. The Morgan fingerprint density at radius 3 is 2.82 bits per heavy atom. The number of carbonyl (C=O) groups excluding carboxylic acids is 2. The average Bonchev–Trinajstić information content (AvgIpc) is 2.53. The van der Waals surface area contributed by atoms with E-state index in [0.29, 0.717) is 6.42 Å². The number of hydrogen-bond donors (Lipinski definition) is 0. The number of ether oxygens (including phenoxy) is 2. The van der Waals surface area contributed by atoms with Crippen LogP contribution in [0.3, 0.4) is 0 Å². The molecule has 4 unspecified atom stereocenters. The van der Waals surface area contributed by atoms with Gasteiger partial charge in [0.1, 0.15) is 12.2 Å². The number of fused-ring (bicyclic) bond motifs is 1. The minimum Gasteiger partial charge on any atom is -0.451 e. The van der Waals surface area contributed by atoms with Gasteiger partial charge >= 0.3 is 5.97 Å². The molecule has 4 nitrogen and oxygen atoms in total. The maximum atomic E-state index is 11.2. The van der Waals surface area contributed by atoms with Crippen LogP contribution in [0.4, 0.5) is 0 Å². The number of hydrogen-bond acceptors (Lipinski definition) is 4. The van der Waals surface area contributed by atoms with E-state index in [-0.39, 0.29) is 29.9 Å². The van der Waals surface area contributed by atoms with E-state index in [9.17, 15) is 9.59 Å². The highest BCUT2D eigenvalue weighted by molar-refractivity contribution is 5.97. The van der Waals surface area contributed by atoms with Crippen molar-refractivity contribution in [2.75, 3.05) is 0 Å². The third kappa shape index (κ3) is 0.474. The summed E-state index contributed by atoms with van der Waals surface area (Å²) in [6, 6.07) is 0. The molecule has 3 aliphatic rings. The highest BCUT2D eigenvalue weighted by Crippen LogP contribution is 2.43. The fraction of sp³-hybridized carbons (Fsp3) is 0.714. The van der Waals surface area contributed by atoms with Gasteiger partial charge in [-0.25, -0.2) is 0 Å². The van der Waals surface area contributed by atoms with Gasteiger partial charge < -0.3 is 9.47 Å². The minimum atomic E-state index is -0.564. The lowest BCUT2D eigenvalue weighted by Crippen LogP contribution is -2.31. The zero-order chi connectivity index (χ0) is 7.59. The molecule has 11 heavy (non-hydrogen) atoms. The largest absolute Gasteiger partial charge is 0.451 e. The number of ketones is 1. The Kier molecular flexibility index (Phi) is 0.767. The second-order valence-corrected chi connectivity index (χ2v) is 3.19. The highest BCUT2D eigenvalue weighted by atomic mass is 16.6. The van der Waals surface area contributed by atoms with Crippen LogP contribution in [0.1, 0.15) is 6.42 Å². The predicted octanol–water partition coefficient (Wildman–Crippen LogP) is -0.732. The maximum absolute atomic E-state index is 11.2. The Hall–Kier alpha value is -0.900. The summed E-state index contributed by atoms with van der Waals surface area (Å²) in [6.45, 7) is 0. The van der Waals surface area contributed by atoms with E-state index in [1.807, 2.05) is 0 Å². The van der Waals surface area contributed by atoms with Crippen molar-refractivity contribution in [1.29, 1.82) is 0 Å². The minimum absolute atomic E-state index is 0.0444. The molecule has 0 amide bonds. The molecule has 0 N–H and O–H groups in total. The summed E-state index contributed by atoms with van der Waals surface area (Å²) < 4.78 is 10.1. The fourth-order valence-electron chi connectivity index (χ4n) is 2.08. The average molecular weight is 154 g/mol. The van der Waals surface area contributed by atoms with Crippen LogP contribution in [0.2, 0.25) is 0 Å². The number of carbonyl (C=O) groups is 2. The fourth-order valence-corrected chi connectivity index (χ4v) is 2.08. The summed E-state index contributed by atoms with van der Waals surface area (Å²) in [7, 11) is 0. The van der Waals surface area contributed by atoms with Crippen LogP contribution in [0.5, 0.6) is 0 Å². The molecule has 0 aromatic carbocycles. The maximum Gasteiger partial charge on any atom is 0.312 e. The van der Waals surface area contributed by atoms with Crippen LogP contribution in [0.15, 0.2) is 0 Å². The summed E-state index contributed by atoms with van der Waals surface area (Å²) in [5.74, 6) is -0.451. The second kappa shape index (κ2) is 1.48. The Morgan fingerprint density at radius 1 is 1.36 bits per heavy atom. The van der Waals surface area contributed by atoms with Crippen molar-refractivity contribution < 1.29 is 19.1 Å². The summed E-state index contributed by atoms with van der Waals surface area (Å²) in [5, 5.41) is 0. The third-order valence-electron chi connectivity index (χ3n) is 2.63. The number of esters is 1. The lowest BCUT2D eigenvalue weighted by molar-refractivity contribution is -0.146. The topological polar surface area (TPSA) is 52.6 Å². The van der Waals surface area contributed by atoms with Crippen molar-refractivity contribution in [2.45, 2.75) is 24.7 Å². The van der Waals surface area contributed by atoms with Gasteiger partial charge in [-0.3, -0.25) is 9.59 Å². The van der Waals surface area contributed by atoms with Crippen LogP contribution in [-0.4, -0.2) is 30.1 Å². The normalized spacial score (nSPS) is 52.0. The zero-order valence-electron chi connectivity index (χ0n) is 5.65. The molecular weight excluding hydrogens is 148 g/mol. The SMILES string of the molecule is O=C1OC2C(=O)C3CC1C2O3. The molecule has 0 spiro atoms. The third-order valence-corrected chi connectivity index (χ3v) is 2.63. The van der Waals surface area contributed by atoms with Gasteiger partial charge in [-0.1, -0.05) is 0 Å².